The number of nitrogen functional groups attached to an aromatic ring is 1. The maximum atomic E-state index is 14.4. The molecule has 4 rings (SSSR count). The zero-order chi connectivity index (χ0) is 18.3. The Labute approximate surface area is 152 Å². The molecule has 3 heterocycles. The molecule has 0 radical (unpaired) electrons. The van der Waals surface area contributed by atoms with Gasteiger partial charge in [-0.05, 0) is 18.2 Å². The van der Waals surface area contributed by atoms with Crippen LogP contribution in [-0.2, 0) is 6.42 Å². The minimum absolute atomic E-state index is 0.0170. The maximum Gasteiger partial charge on any atom is 0.255 e. The summed E-state index contributed by atoms with van der Waals surface area (Å²) < 4.78 is 14.4. The molecule has 0 spiro atoms. The van der Waals surface area contributed by atoms with Crippen LogP contribution in [0.5, 0.6) is 0 Å². The highest BCUT2D eigenvalue weighted by atomic mass is 35.5. The monoisotopic (exact) mass is 372 g/mol. The molecule has 1 aliphatic rings. The van der Waals surface area contributed by atoms with Gasteiger partial charge in [-0.1, -0.05) is 17.7 Å². The summed E-state index contributed by atoms with van der Waals surface area (Å²) in [5.74, 6) is -0.756. The molecule has 7 nitrogen and oxygen atoms in total. The van der Waals surface area contributed by atoms with Crippen molar-refractivity contribution in [2.45, 2.75) is 6.42 Å². The van der Waals surface area contributed by atoms with Crippen molar-refractivity contribution >= 4 is 34.8 Å². The molecule has 3 aromatic rings. The molecule has 0 saturated carbocycles. The van der Waals surface area contributed by atoms with Crippen LogP contribution in [0.4, 0.5) is 21.7 Å². The van der Waals surface area contributed by atoms with Gasteiger partial charge in [0.15, 0.2) is 5.82 Å². The van der Waals surface area contributed by atoms with E-state index in [1.807, 2.05) is 0 Å². The number of carbonyl (C=O) groups is 1. The molecule has 2 aromatic heterocycles. The van der Waals surface area contributed by atoms with E-state index in [0.717, 1.165) is 5.69 Å². The van der Waals surface area contributed by atoms with Gasteiger partial charge in [-0.25, -0.2) is 14.4 Å². The molecular formula is C17H14ClFN6O. The number of benzene rings is 1. The number of nitrogens with two attached hydrogens (primary N) is 1. The number of anilines is 3. The Morgan fingerprint density at radius 2 is 2.15 bits per heavy atom. The summed E-state index contributed by atoms with van der Waals surface area (Å²) in [5, 5.41) is 5.76. The Kier molecular flexibility index (Phi) is 3.96. The normalized spacial score (nSPS) is 13.2. The zero-order valence-corrected chi connectivity index (χ0v) is 14.2. The highest BCUT2D eigenvalue weighted by Gasteiger charge is 2.28. The lowest BCUT2D eigenvalue weighted by atomic mass is 10.1. The van der Waals surface area contributed by atoms with Gasteiger partial charge in [0.05, 0.1) is 33.3 Å². The molecule has 0 aliphatic carbocycles. The van der Waals surface area contributed by atoms with Crippen molar-refractivity contribution in [3.63, 3.8) is 0 Å². The van der Waals surface area contributed by atoms with Gasteiger partial charge in [0.1, 0.15) is 0 Å². The van der Waals surface area contributed by atoms with Gasteiger partial charge < -0.3 is 21.4 Å². The van der Waals surface area contributed by atoms with E-state index in [2.05, 4.69) is 25.6 Å². The van der Waals surface area contributed by atoms with Crippen molar-refractivity contribution in [3.8, 4) is 11.4 Å². The lowest BCUT2D eigenvalue weighted by Crippen LogP contribution is -2.31. The minimum Gasteiger partial charge on any atom is -0.368 e. The van der Waals surface area contributed by atoms with Crippen LogP contribution in [0, 0.1) is 5.82 Å². The van der Waals surface area contributed by atoms with Gasteiger partial charge in [-0.3, -0.25) is 4.79 Å². The number of nitrogens with one attached hydrogen (secondary N) is 3. The molecule has 0 atom stereocenters. The second-order valence-electron chi connectivity index (χ2n) is 5.76. The molecular weight excluding hydrogens is 359 g/mol. The fourth-order valence-electron chi connectivity index (χ4n) is 2.94. The van der Waals surface area contributed by atoms with Gasteiger partial charge in [-0.15, -0.1) is 0 Å². The van der Waals surface area contributed by atoms with Crippen LogP contribution in [-0.4, -0.2) is 27.4 Å². The van der Waals surface area contributed by atoms with Gasteiger partial charge in [-0.2, -0.15) is 0 Å². The van der Waals surface area contributed by atoms with Gasteiger partial charge in [0.25, 0.3) is 5.91 Å². The average Bonchev–Trinajstić information content (AvgIpc) is 2.99. The topological polar surface area (TPSA) is 109 Å². The summed E-state index contributed by atoms with van der Waals surface area (Å²) in [4.78, 5) is 23.7. The predicted octanol–water partition coefficient (Wildman–Crippen LogP) is 2.88. The van der Waals surface area contributed by atoms with E-state index in [9.17, 15) is 9.18 Å². The fourth-order valence-corrected chi connectivity index (χ4v) is 3.12. The first-order valence-electron chi connectivity index (χ1n) is 7.87. The molecule has 0 fully saturated rings. The van der Waals surface area contributed by atoms with E-state index in [-0.39, 0.29) is 22.6 Å². The number of H-pyrrole nitrogens is 1. The Balaban J connectivity index is 1.90. The summed E-state index contributed by atoms with van der Waals surface area (Å²) >= 11 is 5.86. The second-order valence-corrected chi connectivity index (χ2v) is 6.17. The number of hydrogen-bond donors (Lipinski definition) is 4. The molecule has 1 aromatic carbocycles. The first-order chi connectivity index (χ1) is 12.5. The Morgan fingerprint density at radius 3 is 2.96 bits per heavy atom. The van der Waals surface area contributed by atoms with Gasteiger partial charge in [0.2, 0.25) is 5.95 Å². The smallest absolute Gasteiger partial charge is 0.255 e. The van der Waals surface area contributed by atoms with E-state index < -0.39 is 5.82 Å². The van der Waals surface area contributed by atoms with Gasteiger partial charge >= 0.3 is 0 Å². The van der Waals surface area contributed by atoms with Crippen LogP contribution < -0.4 is 16.4 Å². The van der Waals surface area contributed by atoms with Crippen molar-refractivity contribution in [1.29, 1.82) is 0 Å². The number of aromatic nitrogens is 3. The predicted molar refractivity (Wildman–Crippen MR) is 97.0 cm³/mol. The number of hydrogen-bond acceptors (Lipinski definition) is 5. The Hall–Kier alpha value is -3.13. The van der Waals surface area contributed by atoms with Crippen molar-refractivity contribution in [2.24, 2.45) is 0 Å². The average molecular weight is 373 g/mol. The molecule has 26 heavy (non-hydrogen) atoms. The molecule has 5 N–H and O–H groups in total. The van der Waals surface area contributed by atoms with Crippen LogP contribution in [0.15, 0.2) is 30.5 Å². The Morgan fingerprint density at radius 1 is 1.31 bits per heavy atom. The first-order valence-corrected chi connectivity index (χ1v) is 8.25. The van der Waals surface area contributed by atoms with Crippen molar-refractivity contribution < 1.29 is 9.18 Å². The van der Waals surface area contributed by atoms with Crippen LogP contribution in [0.3, 0.4) is 0 Å². The fraction of sp³-hybridized carbons (Fsp3) is 0.118. The molecule has 0 bridgehead atoms. The zero-order valence-electron chi connectivity index (χ0n) is 13.4. The number of aromatic amines is 1. The number of fused-ring (bicyclic) bond motifs is 1. The number of carbonyl (C=O) groups excluding carboxylic acids is 1. The summed E-state index contributed by atoms with van der Waals surface area (Å²) in [6.45, 7) is 0.517. The SMILES string of the molecule is Nc1nccc(-c2[nH]c3c(c2Nc2cccc(Cl)c2F)C(=O)NCC3)n1. The molecule has 0 unspecified atom stereocenters. The number of amides is 1. The van der Waals surface area contributed by atoms with Crippen molar-refractivity contribution in [1.82, 2.24) is 20.3 Å². The summed E-state index contributed by atoms with van der Waals surface area (Å²) in [6.07, 6.45) is 2.13. The Bertz CT molecular complexity index is 1020. The molecule has 132 valence electrons. The second kappa shape index (κ2) is 6.30. The van der Waals surface area contributed by atoms with Crippen LogP contribution in [0.1, 0.15) is 16.1 Å². The third-order valence-corrected chi connectivity index (χ3v) is 4.40. The van der Waals surface area contributed by atoms with Crippen LogP contribution >= 0.6 is 11.6 Å². The van der Waals surface area contributed by atoms with E-state index in [0.29, 0.717) is 35.6 Å². The van der Waals surface area contributed by atoms with Crippen LogP contribution in [0.25, 0.3) is 11.4 Å². The largest absolute Gasteiger partial charge is 0.368 e. The number of nitrogens with zero attached hydrogens (tertiary/aromatic N) is 2. The minimum atomic E-state index is -0.603. The molecule has 1 aliphatic heterocycles. The van der Waals surface area contributed by atoms with Crippen molar-refractivity contribution in [2.75, 3.05) is 17.6 Å². The lowest BCUT2D eigenvalue weighted by molar-refractivity contribution is 0.0947. The van der Waals surface area contributed by atoms with E-state index in [1.54, 1.807) is 18.2 Å². The summed E-state index contributed by atoms with van der Waals surface area (Å²) in [6, 6.07) is 6.27. The first kappa shape index (κ1) is 16.3. The lowest BCUT2D eigenvalue weighted by Gasteiger charge is -2.15. The maximum absolute atomic E-state index is 14.4. The molecule has 1 amide bonds. The van der Waals surface area contributed by atoms with E-state index in [1.165, 1.54) is 12.3 Å². The van der Waals surface area contributed by atoms with E-state index >= 15 is 0 Å². The number of rotatable bonds is 3. The standard InChI is InChI=1S/C17H14ClFN6O/c18-8-2-1-3-10(13(8)19)24-15-12-9(4-6-21-16(12)26)23-14(15)11-5-7-22-17(20)25-11/h1-3,5,7,23-24H,4,6H2,(H,21,26)(H2,20,22,25). The molecule has 0 saturated heterocycles. The third kappa shape index (κ3) is 2.74. The van der Waals surface area contributed by atoms with Gasteiger partial charge in [0, 0.05) is 24.9 Å². The summed E-state index contributed by atoms with van der Waals surface area (Å²) in [7, 11) is 0. The van der Waals surface area contributed by atoms with Crippen LogP contribution in [0.2, 0.25) is 5.02 Å². The highest BCUT2D eigenvalue weighted by Crippen LogP contribution is 2.37. The summed E-state index contributed by atoms with van der Waals surface area (Å²) in [5.41, 5.74) is 8.43. The third-order valence-electron chi connectivity index (χ3n) is 4.11. The van der Waals surface area contributed by atoms with Crippen molar-refractivity contribution in [3.05, 3.63) is 52.6 Å². The highest BCUT2D eigenvalue weighted by molar-refractivity contribution is 6.31. The molecule has 9 heteroatoms. The quantitative estimate of drug-likeness (QED) is 0.565. The van der Waals surface area contributed by atoms with E-state index in [4.69, 9.17) is 17.3 Å². The number of halogens is 2.